The van der Waals surface area contributed by atoms with Crippen molar-refractivity contribution in [3.8, 4) is 0 Å². The van der Waals surface area contributed by atoms with Crippen molar-refractivity contribution in [2.45, 2.75) is 50.7 Å². The molecule has 5 rings (SSSR count). The van der Waals surface area contributed by atoms with Crippen molar-refractivity contribution in [3.05, 3.63) is 63.9 Å². The number of aryl methyl sites for hydroxylation is 1. The van der Waals surface area contributed by atoms with Crippen LogP contribution in [0, 0.1) is 0 Å². The molecule has 3 heterocycles. The van der Waals surface area contributed by atoms with Gasteiger partial charge in [-0.05, 0) is 36.5 Å². The number of carbonyl (C=O) groups excluding carboxylic acids is 3. The van der Waals surface area contributed by atoms with Gasteiger partial charge in [0, 0.05) is 25.5 Å². The van der Waals surface area contributed by atoms with E-state index < -0.39 is 48.7 Å². The molecule has 1 fully saturated rings. The van der Waals surface area contributed by atoms with Crippen LogP contribution in [-0.2, 0) is 27.3 Å². The van der Waals surface area contributed by atoms with E-state index in [4.69, 9.17) is 4.74 Å². The molecule has 1 saturated heterocycles. The molecule has 43 heavy (non-hydrogen) atoms. The molecule has 1 aromatic carbocycles. The fraction of sp³-hybridized carbons (Fsp3) is 0.464. The maximum absolute atomic E-state index is 13.4. The lowest BCUT2D eigenvalue weighted by Crippen LogP contribution is -2.59. The summed E-state index contributed by atoms with van der Waals surface area (Å²) in [6, 6.07) is 7.44. The topological polar surface area (TPSA) is 101 Å². The summed E-state index contributed by atoms with van der Waals surface area (Å²) in [6.45, 7) is -0.580. The molecule has 0 saturated carbocycles. The number of ether oxygens (including phenoxy) is 1. The molecule has 1 aliphatic carbocycles. The number of methoxy groups -OCH3 is 1. The Balaban J connectivity index is 1.29. The van der Waals surface area contributed by atoms with E-state index in [1.807, 2.05) is 18.2 Å². The second kappa shape index (κ2) is 12.7. The molecule has 3 aromatic rings. The molecule has 0 N–H and O–H groups in total. The van der Waals surface area contributed by atoms with Crippen molar-refractivity contribution in [1.82, 2.24) is 24.6 Å². The number of rotatable bonds is 8. The Bertz CT molecular complexity index is 1500. The summed E-state index contributed by atoms with van der Waals surface area (Å²) < 4.78 is 58.4. The minimum atomic E-state index is -3.13. The van der Waals surface area contributed by atoms with Crippen LogP contribution >= 0.6 is 11.3 Å². The average Bonchev–Trinajstić information content (AvgIpc) is 3.68. The first-order valence-corrected chi connectivity index (χ1v) is 14.5. The maximum Gasteiger partial charge on any atom is 0.330 e. The van der Waals surface area contributed by atoms with Gasteiger partial charge in [-0.15, -0.1) is 11.3 Å². The molecule has 2 unspecified atom stereocenters. The molecule has 15 heteroatoms. The molecular weight excluding hydrogens is 592 g/mol. The lowest BCUT2D eigenvalue weighted by molar-refractivity contribution is -0.153. The SMILES string of the molecule is COC(=O)C1CN(c2nc(C(=O)N(C)C3CCCc4ccccc43)cs2)CCN1C(=O)Cn1nc(C(F)F)cc1C(F)F. The van der Waals surface area contributed by atoms with Crippen LogP contribution in [0.4, 0.5) is 22.7 Å². The lowest BCUT2D eigenvalue weighted by Gasteiger charge is -2.39. The highest BCUT2D eigenvalue weighted by atomic mass is 32.1. The summed E-state index contributed by atoms with van der Waals surface area (Å²) in [5.41, 5.74) is 0.921. The van der Waals surface area contributed by atoms with Gasteiger partial charge in [-0.2, -0.15) is 5.10 Å². The van der Waals surface area contributed by atoms with Crippen molar-refractivity contribution in [3.63, 3.8) is 0 Å². The fourth-order valence-electron chi connectivity index (χ4n) is 5.63. The molecule has 2 aromatic heterocycles. The van der Waals surface area contributed by atoms with E-state index in [2.05, 4.69) is 16.1 Å². The molecule has 2 amide bonds. The summed E-state index contributed by atoms with van der Waals surface area (Å²) >= 11 is 1.22. The molecule has 2 aliphatic rings. The zero-order chi connectivity index (χ0) is 30.8. The van der Waals surface area contributed by atoms with Crippen LogP contribution in [-0.4, -0.2) is 82.2 Å². The number of anilines is 1. The Hall–Kier alpha value is -4.01. The van der Waals surface area contributed by atoms with E-state index in [1.165, 1.54) is 16.9 Å². The quantitative estimate of drug-likeness (QED) is 0.274. The van der Waals surface area contributed by atoms with E-state index in [9.17, 15) is 31.9 Å². The smallest absolute Gasteiger partial charge is 0.330 e. The third kappa shape index (κ3) is 6.21. The Morgan fingerprint density at radius 1 is 1.14 bits per heavy atom. The van der Waals surface area contributed by atoms with Crippen molar-refractivity contribution < 1.29 is 36.7 Å². The van der Waals surface area contributed by atoms with E-state index in [0.717, 1.165) is 36.8 Å². The number of hydrogen-bond acceptors (Lipinski definition) is 8. The molecular formula is C28H30F4N6O4S. The minimum Gasteiger partial charge on any atom is -0.467 e. The van der Waals surface area contributed by atoms with Gasteiger partial charge >= 0.3 is 5.97 Å². The number of amides is 2. The number of thiazole rings is 1. The van der Waals surface area contributed by atoms with Crippen molar-refractivity contribution in [1.29, 1.82) is 0 Å². The van der Waals surface area contributed by atoms with Gasteiger partial charge in [0.05, 0.1) is 19.7 Å². The van der Waals surface area contributed by atoms with Crippen LogP contribution in [0.5, 0.6) is 0 Å². The fourth-order valence-corrected chi connectivity index (χ4v) is 6.47. The van der Waals surface area contributed by atoms with Gasteiger partial charge in [-0.1, -0.05) is 24.3 Å². The summed E-state index contributed by atoms with van der Waals surface area (Å²) in [5.74, 6) is -1.74. The van der Waals surface area contributed by atoms with Crippen molar-refractivity contribution in [2.24, 2.45) is 0 Å². The first kappa shape index (κ1) is 30.4. The van der Waals surface area contributed by atoms with Crippen LogP contribution in [0.3, 0.4) is 0 Å². The van der Waals surface area contributed by atoms with Gasteiger partial charge in [0.1, 0.15) is 29.7 Å². The van der Waals surface area contributed by atoms with Crippen LogP contribution in [0.1, 0.15) is 64.7 Å². The Morgan fingerprint density at radius 3 is 2.63 bits per heavy atom. The predicted molar refractivity (Wildman–Crippen MR) is 148 cm³/mol. The first-order valence-electron chi connectivity index (χ1n) is 13.7. The van der Waals surface area contributed by atoms with E-state index >= 15 is 0 Å². The highest BCUT2D eigenvalue weighted by Gasteiger charge is 2.38. The largest absolute Gasteiger partial charge is 0.467 e. The summed E-state index contributed by atoms with van der Waals surface area (Å²) in [4.78, 5) is 48.4. The van der Waals surface area contributed by atoms with E-state index in [-0.39, 0.29) is 37.3 Å². The van der Waals surface area contributed by atoms with Crippen molar-refractivity contribution >= 4 is 34.3 Å². The number of carbonyl (C=O) groups is 3. The van der Waals surface area contributed by atoms with Gasteiger partial charge in [0.15, 0.2) is 5.13 Å². The summed E-state index contributed by atoms with van der Waals surface area (Å²) in [7, 11) is 2.91. The van der Waals surface area contributed by atoms with Gasteiger partial charge in [0.25, 0.3) is 18.8 Å². The molecule has 1 aliphatic heterocycles. The third-order valence-corrected chi connectivity index (χ3v) is 8.74. The van der Waals surface area contributed by atoms with Crippen LogP contribution in [0.2, 0.25) is 0 Å². The third-order valence-electron chi connectivity index (χ3n) is 7.84. The predicted octanol–water partition coefficient (Wildman–Crippen LogP) is 4.25. The molecule has 230 valence electrons. The summed E-state index contributed by atoms with van der Waals surface area (Å²) in [6.07, 6.45) is -3.44. The number of nitrogens with zero attached hydrogens (tertiary/aromatic N) is 6. The van der Waals surface area contributed by atoms with Crippen LogP contribution in [0.15, 0.2) is 35.7 Å². The molecule has 0 bridgehead atoms. The van der Waals surface area contributed by atoms with E-state index in [0.29, 0.717) is 15.9 Å². The van der Waals surface area contributed by atoms with Gasteiger partial charge in [-0.25, -0.2) is 27.3 Å². The Morgan fingerprint density at radius 2 is 1.91 bits per heavy atom. The van der Waals surface area contributed by atoms with Gasteiger partial charge in [0.2, 0.25) is 5.91 Å². The zero-order valence-electron chi connectivity index (χ0n) is 23.5. The van der Waals surface area contributed by atoms with E-state index in [1.54, 1.807) is 22.2 Å². The second-order valence-corrected chi connectivity index (χ2v) is 11.2. The normalized spacial score (nSPS) is 18.6. The molecule has 0 radical (unpaired) electrons. The van der Waals surface area contributed by atoms with Gasteiger partial charge in [-0.3, -0.25) is 14.3 Å². The number of piperazine rings is 1. The number of benzene rings is 1. The van der Waals surface area contributed by atoms with Gasteiger partial charge < -0.3 is 19.4 Å². The standard InChI is InChI=1S/C28H30F4N6O4S/c1-35(20-9-5-7-16-6-3-4-8-17(16)20)26(40)19-15-43-28(33-19)36-10-11-37(22(13-36)27(41)42-2)23(39)14-38-21(25(31)32)12-18(34-38)24(29)30/h3-4,6,8,12,15,20,22,24-25H,5,7,9-11,13-14H2,1-2H3. The molecule has 2 atom stereocenters. The van der Waals surface area contributed by atoms with Crippen LogP contribution < -0.4 is 4.90 Å². The molecule has 0 spiro atoms. The van der Waals surface area contributed by atoms with Crippen LogP contribution in [0.25, 0.3) is 0 Å². The Labute approximate surface area is 248 Å². The highest BCUT2D eigenvalue weighted by molar-refractivity contribution is 7.13. The number of halogens is 4. The second-order valence-electron chi connectivity index (χ2n) is 10.4. The first-order chi connectivity index (χ1) is 20.6. The number of fused-ring (bicyclic) bond motifs is 1. The number of esters is 1. The monoisotopic (exact) mass is 622 g/mol. The maximum atomic E-state index is 13.4. The highest BCUT2D eigenvalue weighted by Crippen LogP contribution is 2.35. The molecule has 10 nitrogen and oxygen atoms in total. The minimum absolute atomic E-state index is 0.00674. The Kier molecular flexibility index (Phi) is 8.99. The van der Waals surface area contributed by atoms with Crippen molar-refractivity contribution in [2.75, 3.05) is 38.7 Å². The summed E-state index contributed by atoms with van der Waals surface area (Å²) in [5, 5.41) is 5.58. The zero-order valence-corrected chi connectivity index (χ0v) is 24.3. The average molecular weight is 623 g/mol. The number of alkyl halides is 4. The lowest BCUT2D eigenvalue weighted by atomic mass is 9.87. The number of aromatic nitrogens is 3. The number of hydrogen-bond donors (Lipinski definition) is 0.